The molecule has 0 saturated carbocycles. The second-order valence-corrected chi connectivity index (χ2v) is 9.06. The second kappa shape index (κ2) is 9.16. The molecule has 1 N–H and O–H groups in total. The van der Waals surface area contributed by atoms with E-state index in [0.717, 1.165) is 16.9 Å². The number of imidazole rings is 1. The number of halogens is 3. The molecule has 2 heterocycles. The van der Waals surface area contributed by atoms with Crippen LogP contribution in [-0.4, -0.2) is 55.7 Å². The number of aromatic nitrogens is 4. The fraction of sp³-hybridized carbons (Fsp3) is 0.333. The molecule has 2 aromatic carbocycles. The Morgan fingerprint density at radius 3 is 2.33 bits per heavy atom. The van der Waals surface area contributed by atoms with Gasteiger partial charge in [0.15, 0.2) is 5.82 Å². The van der Waals surface area contributed by atoms with Crippen LogP contribution in [0.2, 0.25) is 0 Å². The molecule has 0 fully saturated rings. The van der Waals surface area contributed by atoms with Crippen molar-refractivity contribution in [1.29, 1.82) is 0 Å². The van der Waals surface area contributed by atoms with E-state index < -0.39 is 6.36 Å². The number of aromatic amines is 1. The minimum atomic E-state index is -4.76. The average molecular weight is 466 g/mol. The van der Waals surface area contributed by atoms with Gasteiger partial charge in [0.05, 0.1) is 16.7 Å². The molecule has 0 aliphatic heterocycles. The first kappa shape index (κ1) is 25.3. The number of fused-ring (bicyclic) bond motifs is 1. The van der Waals surface area contributed by atoms with Crippen molar-refractivity contribution in [3.8, 4) is 28.4 Å². The normalized spacial score (nSPS) is 12.3. The van der Waals surface area contributed by atoms with E-state index in [0.29, 0.717) is 22.5 Å². The van der Waals surface area contributed by atoms with Crippen LogP contribution in [0.15, 0.2) is 48.5 Å². The van der Waals surface area contributed by atoms with E-state index in [-0.39, 0.29) is 46.8 Å². The number of benzene rings is 2. The number of nitrogens with one attached hydrogen (secondary N) is 1. The summed E-state index contributed by atoms with van der Waals surface area (Å²) < 4.78 is 44.6. The Balaban J connectivity index is 0.00000306. The Kier molecular flexibility index (Phi) is 7.03. The summed E-state index contributed by atoms with van der Waals surface area (Å²) in [6.45, 7) is 10.4. The maximum atomic E-state index is 12.8. The summed E-state index contributed by atoms with van der Waals surface area (Å²) in [4.78, 5) is 8.05. The summed E-state index contributed by atoms with van der Waals surface area (Å²) in [7, 11) is 0. The van der Waals surface area contributed by atoms with Gasteiger partial charge in [0, 0.05) is 17.0 Å². The number of rotatable bonds is 4. The SMILES string of the molecule is CC(C)n1nc(C(C)(C)C)cc1-c1nc2cc(-c3ccccc3OC(F)(F)F)ccc2[nH]1.[NaH]. The van der Waals surface area contributed by atoms with Crippen LogP contribution in [0.25, 0.3) is 33.7 Å². The fourth-order valence-corrected chi connectivity index (χ4v) is 3.54. The van der Waals surface area contributed by atoms with Gasteiger partial charge in [-0.05, 0) is 43.7 Å². The van der Waals surface area contributed by atoms with E-state index in [1.54, 1.807) is 24.3 Å². The molecule has 5 nitrogen and oxygen atoms in total. The zero-order chi connectivity index (χ0) is 23.3. The van der Waals surface area contributed by atoms with E-state index in [2.05, 4.69) is 44.3 Å². The molecule has 0 amide bonds. The van der Waals surface area contributed by atoms with E-state index >= 15 is 0 Å². The van der Waals surface area contributed by atoms with E-state index in [1.807, 2.05) is 16.8 Å². The number of ether oxygens (including phenoxy) is 1. The Labute approximate surface area is 212 Å². The van der Waals surface area contributed by atoms with Crippen molar-refractivity contribution in [3.05, 3.63) is 54.2 Å². The quantitative estimate of drug-likeness (QED) is 0.363. The number of alkyl halides is 3. The van der Waals surface area contributed by atoms with Crippen LogP contribution in [0.5, 0.6) is 5.75 Å². The third-order valence-corrected chi connectivity index (χ3v) is 5.14. The van der Waals surface area contributed by atoms with Gasteiger partial charge >= 0.3 is 35.9 Å². The molecule has 4 rings (SSSR count). The van der Waals surface area contributed by atoms with Crippen LogP contribution in [0.1, 0.15) is 46.4 Å². The van der Waals surface area contributed by atoms with Crippen molar-refractivity contribution < 1.29 is 17.9 Å². The molecular weight excluding hydrogens is 440 g/mol. The van der Waals surface area contributed by atoms with Gasteiger partial charge in [-0.25, -0.2) is 4.98 Å². The number of hydrogen-bond acceptors (Lipinski definition) is 3. The molecule has 9 heteroatoms. The van der Waals surface area contributed by atoms with Crippen molar-refractivity contribution in [3.63, 3.8) is 0 Å². The molecule has 2 aromatic heterocycles. The zero-order valence-electron chi connectivity index (χ0n) is 18.6. The molecule has 0 spiro atoms. The van der Waals surface area contributed by atoms with Crippen molar-refractivity contribution >= 4 is 40.6 Å². The molecule has 0 bridgehead atoms. The predicted molar refractivity (Wildman–Crippen MR) is 126 cm³/mol. The van der Waals surface area contributed by atoms with Gasteiger partial charge in [-0.2, -0.15) is 5.10 Å². The molecule has 0 aliphatic carbocycles. The molecule has 0 unspecified atom stereocenters. The van der Waals surface area contributed by atoms with Crippen LogP contribution in [-0.2, 0) is 5.41 Å². The molecule has 4 aromatic rings. The van der Waals surface area contributed by atoms with Crippen molar-refractivity contribution in [1.82, 2.24) is 19.7 Å². The van der Waals surface area contributed by atoms with Gasteiger partial charge in [0.25, 0.3) is 0 Å². The molecular formula is C24H26F3N4NaO. The van der Waals surface area contributed by atoms with E-state index in [9.17, 15) is 13.2 Å². The van der Waals surface area contributed by atoms with Crippen molar-refractivity contribution in [2.24, 2.45) is 0 Å². The molecule has 0 atom stereocenters. The summed E-state index contributed by atoms with van der Waals surface area (Å²) in [6, 6.07) is 13.6. The van der Waals surface area contributed by atoms with Gasteiger partial charge in [-0.1, -0.05) is 45.0 Å². The van der Waals surface area contributed by atoms with Gasteiger partial charge in [0.1, 0.15) is 11.4 Å². The maximum absolute atomic E-state index is 12.8. The summed E-state index contributed by atoms with van der Waals surface area (Å²) in [5, 5.41) is 4.77. The fourth-order valence-electron chi connectivity index (χ4n) is 3.54. The molecule has 0 aliphatic rings. The number of nitrogens with zero attached hydrogens (tertiary/aromatic N) is 3. The van der Waals surface area contributed by atoms with Crippen LogP contribution < -0.4 is 4.74 Å². The topological polar surface area (TPSA) is 55.7 Å². The number of para-hydroxylation sites is 1. The Morgan fingerprint density at radius 1 is 1.00 bits per heavy atom. The van der Waals surface area contributed by atoms with Crippen molar-refractivity contribution in [2.75, 3.05) is 0 Å². The first-order chi connectivity index (χ1) is 14.9. The first-order valence-electron chi connectivity index (χ1n) is 10.4. The van der Waals surface area contributed by atoms with E-state index in [1.165, 1.54) is 12.1 Å². The summed E-state index contributed by atoms with van der Waals surface area (Å²) in [5.41, 5.74) is 4.07. The molecule has 33 heavy (non-hydrogen) atoms. The third kappa shape index (κ3) is 5.45. The van der Waals surface area contributed by atoms with Gasteiger partial charge in [-0.3, -0.25) is 4.68 Å². The number of hydrogen-bond donors (Lipinski definition) is 1. The average Bonchev–Trinajstić information content (AvgIpc) is 3.30. The zero-order valence-corrected chi connectivity index (χ0v) is 18.6. The monoisotopic (exact) mass is 466 g/mol. The van der Waals surface area contributed by atoms with Crippen LogP contribution in [0.4, 0.5) is 13.2 Å². The second-order valence-electron chi connectivity index (χ2n) is 9.06. The van der Waals surface area contributed by atoms with Gasteiger partial charge in [-0.15, -0.1) is 13.2 Å². The molecule has 170 valence electrons. The van der Waals surface area contributed by atoms with Crippen LogP contribution >= 0.6 is 0 Å². The van der Waals surface area contributed by atoms with Crippen LogP contribution in [0.3, 0.4) is 0 Å². The predicted octanol–water partition coefficient (Wildman–Crippen LogP) is 6.22. The summed E-state index contributed by atoms with van der Waals surface area (Å²) in [6.07, 6.45) is -4.76. The Bertz CT molecular complexity index is 1270. The summed E-state index contributed by atoms with van der Waals surface area (Å²) >= 11 is 0. The first-order valence-corrected chi connectivity index (χ1v) is 10.4. The van der Waals surface area contributed by atoms with Gasteiger partial charge in [0.2, 0.25) is 0 Å². The third-order valence-electron chi connectivity index (χ3n) is 5.14. The molecule has 0 radical (unpaired) electrons. The minimum absolute atomic E-state index is 0. The van der Waals surface area contributed by atoms with Crippen LogP contribution in [0, 0.1) is 0 Å². The summed E-state index contributed by atoms with van der Waals surface area (Å²) in [5.74, 6) is 0.413. The molecule has 0 saturated heterocycles. The van der Waals surface area contributed by atoms with Crippen molar-refractivity contribution in [2.45, 2.75) is 52.4 Å². The Morgan fingerprint density at radius 2 is 1.70 bits per heavy atom. The van der Waals surface area contributed by atoms with Gasteiger partial charge < -0.3 is 9.72 Å². The number of H-pyrrole nitrogens is 1. The van der Waals surface area contributed by atoms with E-state index in [4.69, 9.17) is 10.1 Å². The Hall–Kier alpha value is -2.29. The standard InChI is InChI=1S/C24H25F3N4O.Na.H/c1-14(2)31-19(13-21(30-31)23(3,4)5)22-28-17-11-10-15(12-18(17)29-22)16-8-6-7-9-20(16)32-24(25,26)27;;/h6-14H,1-5H3,(H,28,29);;.